The number of aryl methyl sites for hydroxylation is 1. The molecule has 2 aromatic heterocycles. The molecule has 170 valence electrons. The van der Waals surface area contributed by atoms with Crippen molar-refractivity contribution in [2.45, 2.75) is 6.18 Å². The summed E-state index contributed by atoms with van der Waals surface area (Å²) in [5.41, 5.74) is 1.01. The number of hydrogen-bond donors (Lipinski definition) is 2. The predicted octanol–water partition coefficient (Wildman–Crippen LogP) is 5.65. The molecule has 0 aliphatic rings. The molecule has 0 saturated carbocycles. The molecule has 0 fully saturated rings. The molecule has 2 N–H and O–H groups in total. The van der Waals surface area contributed by atoms with E-state index in [1.807, 2.05) is 0 Å². The normalized spacial score (nSPS) is 11.5. The summed E-state index contributed by atoms with van der Waals surface area (Å²) in [7, 11) is 3.26. The van der Waals surface area contributed by atoms with Crippen molar-refractivity contribution in [2.24, 2.45) is 7.05 Å². The van der Waals surface area contributed by atoms with E-state index in [4.69, 9.17) is 4.74 Å². The van der Waals surface area contributed by atoms with Crippen LogP contribution in [0.1, 0.15) is 16.1 Å². The Morgan fingerprint density at radius 3 is 2.58 bits per heavy atom. The van der Waals surface area contributed by atoms with Crippen LogP contribution in [0.4, 0.5) is 24.8 Å². The van der Waals surface area contributed by atoms with E-state index < -0.39 is 11.7 Å². The molecule has 0 aliphatic heterocycles. The number of halogens is 4. The average molecular weight is 520 g/mol. The minimum atomic E-state index is -4.49. The largest absolute Gasteiger partial charge is 0.457 e. The Morgan fingerprint density at radius 1 is 1.09 bits per heavy atom. The van der Waals surface area contributed by atoms with Gasteiger partial charge in [-0.2, -0.15) is 13.2 Å². The van der Waals surface area contributed by atoms with Gasteiger partial charge in [0.2, 0.25) is 5.95 Å². The van der Waals surface area contributed by atoms with Gasteiger partial charge in [0.05, 0.1) is 16.6 Å². The van der Waals surface area contributed by atoms with Crippen molar-refractivity contribution < 1.29 is 22.7 Å². The number of nitrogens with zero attached hydrogens (tertiary/aromatic N) is 3. The first kappa shape index (κ1) is 22.6. The first-order valence-electron chi connectivity index (χ1n) is 9.62. The Bertz CT molecular complexity index is 1350. The number of carbonyl (C=O) groups excluding carboxylic acids is 1. The van der Waals surface area contributed by atoms with Crippen LogP contribution in [0.5, 0.6) is 11.5 Å². The number of ether oxygens (including phenoxy) is 1. The quantitative estimate of drug-likeness (QED) is 0.356. The molecule has 33 heavy (non-hydrogen) atoms. The Hall–Kier alpha value is -3.60. The van der Waals surface area contributed by atoms with E-state index in [1.54, 1.807) is 35.9 Å². The molecule has 0 unspecified atom stereocenters. The van der Waals surface area contributed by atoms with E-state index in [9.17, 15) is 18.0 Å². The highest BCUT2D eigenvalue weighted by atomic mass is 79.9. The topological polar surface area (TPSA) is 81.1 Å². The van der Waals surface area contributed by atoms with Gasteiger partial charge in [0.1, 0.15) is 17.2 Å². The molecule has 0 bridgehead atoms. The van der Waals surface area contributed by atoms with Crippen LogP contribution in [-0.2, 0) is 13.2 Å². The van der Waals surface area contributed by atoms with Gasteiger partial charge in [-0.15, -0.1) is 0 Å². The van der Waals surface area contributed by atoms with Gasteiger partial charge in [-0.1, -0.05) is 15.9 Å². The standard InChI is InChI=1S/C22H17BrF3N5O2/c1-27-20(32)18-11-14(7-8-28-18)33-13-4-6-19-17(10-13)30-21(31(19)2)29-12-3-5-16(23)15(9-12)22(24,25)26/h3-11H,1-2H3,(H,27,32)(H,29,30). The summed E-state index contributed by atoms with van der Waals surface area (Å²) in [5.74, 6) is 0.928. The molecule has 0 atom stereocenters. The molecule has 4 aromatic rings. The summed E-state index contributed by atoms with van der Waals surface area (Å²) in [6.45, 7) is 0. The minimum Gasteiger partial charge on any atom is -0.457 e. The highest BCUT2D eigenvalue weighted by Gasteiger charge is 2.33. The fourth-order valence-electron chi connectivity index (χ4n) is 3.17. The third-order valence-electron chi connectivity index (χ3n) is 4.81. The smallest absolute Gasteiger partial charge is 0.417 e. The molecular formula is C22H17BrF3N5O2. The number of rotatable bonds is 5. The second-order valence-corrected chi connectivity index (χ2v) is 7.87. The van der Waals surface area contributed by atoms with Crippen LogP contribution in [0.2, 0.25) is 0 Å². The molecule has 2 heterocycles. The highest BCUT2D eigenvalue weighted by Crippen LogP contribution is 2.37. The zero-order chi connectivity index (χ0) is 23.8. The maximum Gasteiger partial charge on any atom is 0.417 e. The van der Waals surface area contributed by atoms with Crippen LogP contribution in [0.25, 0.3) is 11.0 Å². The van der Waals surface area contributed by atoms with Crippen molar-refractivity contribution in [1.29, 1.82) is 0 Å². The van der Waals surface area contributed by atoms with E-state index >= 15 is 0 Å². The van der Waals surface area contributed by atoms with Crippen LogP contribution < -0.4 is 15.4 Å². The first-order chi connectivity index (χ1) is 15.7. The van der Waals surface area contributed by atoms with Crippen molar-refractivity contribution in [3.63, 3.8) is 0 Å². The van der Waals surface area contributed by atoms with Gasteiger partial charge < -0.3 is 19.9 Å². The number of nitrogens with one attached hydrogen (secondary N) is 2. The third kappa shape index (κ3) is 4.77. The molecule has 0 spiro atoms. The summed E-state index contributed by atoms with van der Waals surface area (Å²) in [6, 6.07) is 12.2. The molecular weight excluding hydrogens is 503 g/mol. The highest BCUT2D eigenvalue weighted by molar-refractivity contribution is 9.10. The monoisotopic (exact) mass is 519 g/mol. The van der Waals surface area contributed by atoms with Gasteiger partial charge in [0, 0.05) is 42.6 Å². The molecule has 0 aliphatic carbocycles. The maximum atomic E-state index is 13.2. The van der Waals surface area contributed by atoms with Gasteiger partial charge in [0.15, 0.2) is 0 Å². The Morgan fingerprint density at radius 2 is 1.85 bits per heavy atom. The number of pyridine rings is 1. The molecule has 7 nitrogen and oxygen atoms in total. The number of benzene rings is 2. The molecule has 4 rings (SSSR count). The number of carbonyl (C=O) groups is 1. The molecule has 2 aromatic carbocycles. The number of alkyl halides is 3. The molecule has 0 saturated heterocycles. The SMILES string of the molecule is CNC(=O)c1cc(Oc2ccc3c(c2)nc(Nc2ccc(Br)c(C(F)(F)F)c2)n3C)ccn1. The fourth-order valence-corrected chi connectivity index (χ4v) is 3.64. The number of fused-ring (bicyclic) bond motifs is 1. The van der Waals surface area contributed by atoms with Crippen LogP contribution in [0.3, 0.4) is 0 Å². The zero-order valence-electron chi connectivity index (χ0n) is 17.4. The van der Waals surface area contributed by atoms with Crippen molar-refractivity contribution >= 4 is 44.5 Å². The van der Waals surface area contributed by atoms with E-state index in [1.165, 1.54) is 31.4 Å². The summed E-state index contributed by atoms with van der Waals surface area (Å²) >= 11 is 2.94. The number of anilines is 2. The second kappa shape index (κ2) is 8.74. The third-order valence-corrected chi connectivity index (χ3v) is 5.50. The summed E-state index contributed by atoms with van der Waals surface area (Å²) in [6.07, 6.45) is -3.02. The Balaban J connectivity index is 1.61. The lowest BCUT2D eigenvalue weighted by molar-refractivity contribution is -0.138. The first-order valence-corrected chi connectivity index (χ1v) is 10.4. The van der Waals surface area contributed by atoms with Gasteiger partial charge >= 0.3 is 6.18 Å². The Labute approximate surface area is 194 Å². The van der Waals surface area contributed by atoms with Crippen LogP contribution in [0, 0.1) is 0 Å². The van der Waals surface area contributed by atoms with Crippen LogP contribution in [0.15, 0.2) is 59.2 Å². The fraction of sp³-hybridized carbons (Fsp3) is 0.136. The van der Waals surface area contributed by atoms with Gasteiger partial charge in [-0.3, -0.25) is 9.78 Å². The Kier molecular flexibility index (Phi) is 5.98. The van der Waals surface area contributed by atoms with E-state index in [0.29, 0.717) is 23.0 Å². The number of aromatic nitrogens is 3. The van der Waals surface area contributed by atoms with Crippen molar-refractivity contribution in [2.75, 3.05) is 12.4 Å². The summed E-state index contributed by atoms with van der Waals surface area (Å²) in [5, 5.41) is 5.43. The van der Waals surface area contributed by atoms with E-state index in [0.717, 1.165) is 11.6 Å². The summed E-state index contributed by atoms with van der Waals surface area (Å²) in [4.78, 5) is 20.2. The lowest BCUT2D eigenvalue weighted by atomic mass is 10.2. The maximum absolute atomic E-state index is 13.2. The van der Waals surface area contributed by atoms with Crippen molar-refractivity contribution in [3.8, 4) is 11.5 Å². The summed E-state index contributed by atoms with van der Waals surface area (Å²) < 4.78 is 47.1. The average Bonchev–Trinajstić information content (AvgIpc) is 3.08. The lowest BCUT2D eigenvalue weighted by Gasteiger charge is -2.12. The molecule has 11 heteroatoms. The van der Waals surface area contributed by atoms with Crippen molar-refractivity contribution in [3.05, 3.63) is 70.5 Å². The van der Waals surface area contributed by atoms with Gasteiger partial charge in [-0.25, -0.2) is 4.98 Å². The molecule has 1 amide bonds. The van der Waals surface area contributed by atoms with Gasteiger partial charge in [-0.05, 0) is 36.4 Å². The number of amides is 1. The van der Waals surface area contributed by atoms with E-state index in [-0.39, 0.29) is 21.8 Å². The van der Waals surface area contributed by atoms with Crippen molar-refractivity contribution in [1.82, 2.24) is 19.9 Å². The van der Waals surface area contributed by atoms with Gasteiger partial charge in [0.25, 0.3) is 5.91 Å². The minimum absolute atomic E-state index is 0.0389. The molecule has 0 radical (unpaired) electrons. The number of hydrogen-bond acceptors (Lipinski definition) is 5. The lowest BCUT2D eigenvalue weighted by Crippen LogP contribution is -2.18. The second-order valence-electron chi connectivity index (χ2n) is 7.02. The van der Waals surface area contributed by atoms with Crippen LogP contribution >= 0.6 is 15.9 Å². The van der Waals surface area contributed by atoms with Crippen LogP contribution in [-0.4, -0.2) is 27.5 Å². The van der Waals surface area contributed by atoms with E-state index in [2.05, 4.69) is 36.5 Å². The predicted molar refractivity (Wildman–Crippen MR) is 121 cm³/mol. The zero-order valence-corrected chi connectivity index (χ0v) is 19.0. The number of imidazole rings is 1.